The molecule has 2 heterocycles. The van der Waals surface area contributed by atoms with Crippen LogP contribution in [0, 0.1) is 5.92 Å². The average Bonchev–Trinajstić information content (AvgIpc) is 2.95. The van der Waals surface area contributed by atoms with Crippen molar-refractivity contribution in [1.29, 1.82) is 0 Å². The summed E-state index contributed by atoms with van der Waals surface area (Å²) in [5.41, 5.74) is 0.928. The number of rotatable bonds is 3. The summed E-state index contributed by atoms with van der Waals surface area (Å²) in [5, 5.41) is 4.14. The minimum Gasteiger partial charge on any atom is -0.290 e. The van der Waals surface area contributed by atoms with Gasteiger partial charge in [-0.1, -0.05) is 30.3 Å². The topological polar surface area (TPSA) is 47.8 Å². The molecule has 1 aromatic carbocycles. The van der Waals surface area contributed by atoms with Crippen LogP contribution in [0.5, 0.6) is 0 Å². The van der Waals surface area contributed by atoms with E-state index in [0.717, 1.165) is 5.56 Å². The molecule has 0 amide bonds. The molecule has 0 N–H and O–H groups in total. The highest BCUT2D eigenvalue weighted by atomic mass is 19.1. The van der Waals surface area contributed by atoms with E-state index < -0.39 is 24.0 Å². The zero-order valence-corrected chi connectivity index (χ0v) is 11.1. The Hall–Kier alpha value is -2.11. The molecular weight excluding hydrogens is 276 g/mol. The van der Waals surface area contributed by atoms with E-state index in [0.29, 0.717) is 0 Å². The first-order valence-electron chi connectivity index (χ1n) is 6.99. The van der Waals surface area contributed by atoms with Gasteiger partial charge in [-0.25, -0.2) is 18.4 Å². The van der Waals surface area contributed by atoms with Crippen LogP contribution in [0.1, 0.15) is 47.1 Å². The van der Waals surface area contributed by atoms with E-state index in [-0.39, 0.29) is 30.5 Å². The second kappa shape index (κ2) is 4.44. The number of hydrogen-bond donors (Lipinski definition) is 0. The predicted molar refractivity (Wildman–Crippen MR) is 70.4 cm³/mol. The van der Waals surface area contributed by atoms with Gasteiger partial charge in [0.15, 0.2) is 12.0 Å². The van der Waals surface area contributed by atoms with Crippen LogP contribution in [0.2, 0.25) is 0 Å². The summed E-state index contributed by atoms with van der Waals surface area (Å²) in [6.45, 7) is 0. The van der Waals surface area contributed by atoms with Gasteiger partial charge in [-0.15, -0.1) is 5.10 Å². The molecule has 0 bridgehead atoms. The molecule has 2 aliphatic rings. The number of fused-ring (bicyclic) bond motifs is 1. The number of nitrogens with zero attached hydrogens (tertiary/aromatic N) is 3. The summed E-state index contributed by atoms with van der Waals surface area (Å²) in [6.07, 6.45) is -1.85. The van der Waals surface area contributed by atoms with Gasteiger partial charge in [-0.05, 0) is 12.0 Å². The Morgan fingerprint density at radius 2 is 1.90 bits per heavy atom. The number of alkyl halides is 2. The predicted octanol–water partition coefficient (Wildman–Crippen LogP) is 2.82. The number of carbonyl (C=O) groups is 1. The quantitative estimate of drug-likeness (QED) is 0.816. The molecule has 6 heteroatoms. The van der Waals surface area contributed by atoms with Crippen LogP contribution in [0.3, 0.4) is 0 Å². The molecular formula is C15H13F2N3O. The zero-order valence-electron chi connectivity index (χ0n) is 11.1. The van der Waals surface area contributed by atoms with Crippen molar-refractivity contribution in [3.05, 3.63) is 47.5 Å². The van der Waals surface area contributed by atoms with Crippen molar-refractivity contribution in [2.75, 3.05) is 0 Å². The van der Waals surface area contributed by atoms with Gasteiger partial charge in [-0.3, -0.25) is 4.79 Å². The first-order chi connectivity index (χ1) is 10.1. The fourth-order valence-corrected chi connectivity index (χ4v) is 2.84. The van der Waals surface area contributed by atoms with Crippen molar-refractivity contribution in [2.24, 2.45) is 5.92 Å². The molecule has 1 aliphatic carbocycles. The maximum Gasteiger partial charge on any atom is 0.218 e. The molecule has 1 fully saturated rings. The van der Waals surface area contributed by atoms with Gasteiger partial charge in [-0.2, -0.15) is 0 Å². The van der Waals surface area contributed by atoms with E-state index in [1.54, 1.807) is 0 Å². The Morgan fingerprint density at radius 3 is 2.57 bits per heavy atom. The first kappa shape index (κ1) is 12.6. The standard InChI is InChI=1S/C15H13F2N3O/c16-10-6-9(10)13(21)14-18-15-11(17)7-12(20(15)19-14)8-4-2-1-3-5-8/h1-5,9-12H,6-7H2/t9-,10-,11+,12+/m0/s1. The summed E-state index contributed by atoms with van der Waals surface area (Å²) in [6, 6.07) is 9.17. The maximum absolute atomic E-state index is 14.1. The normalized spacial score (nSPS) is 30.2. The minimum atomic E-state index is -1.25. The van der Waals surface area contributed by atoms with Crippen LogP contribution in [0.4, 0.5) is 8.78 Å². The molecule has 0 unspecified atom stereocenters. The van der Waals surface area contributed by atoms with Gasteiger partial charge in [0.25, 0.3) is 0 Å². The minimum absolute atomic E-state index is 0.0570. The number of Topliss-reactive ketones (excluding diaryl/α,β-unsaturated/α-hetero) is 1. The lowest BCUT2D eigenvalue weighted by Gasteiger charge is -2.11. The van der Waals surface area contributed by atoms with E-state index in [2.05, 4.69) is 10.1 Å². The van der Waals surface area contributed by atoms with Crippen LogP contribution in [0.25, 0.3) is 0 Å². The Labute approximate surface area is 119 Å². The molecule has 1 saturated carbocycles. The fraction of sp³-hybridized carbons (Fsp3) is 0.400. The number of halogens is 2. The van der Waals surface area contributed by atoms with Gasteiger partial charge in [0.1, 0.15) is 6.17 Å². The highest BCUT2D eigenvalue weighted by Crippen LogP contribution is 2.41. The van der Waals surface area contributed by atoms with Crippen molar-refractivity contribution in [3.63, 3.8) is 0 Å². The average molecular weight is 289 g/mol. The molecule has 2 aromatic rings. The molecule has 1 aliphatic heterocycles. The van der Waals surface area contributed by atoms with E-state index in [1.807, 2.05) is 30.3 Å². The summed E-state index contributed by atoms with van der Waals surface area (Å²) in [5.74, 6) is -0.938. The zero-order chi connectivity index (χ0) is 14.6. The van der Waals surface area contributed by atoms with Crippen LogP contribution in [-0.2, 0) is 0 Å². The molecule has 0 spiro atoms. The van der Waals surface area contributed by atoms with E-state index >= 15 is 0 Å². The lowest BCUT2D eigenvalue weighted by atomic mass is 10.0. The van der Waals surface area contributed by atoms with Gasteiger partial charge in [0, 0.05) is 6.42 Å². The maximum atomic E-state index is 14.1. The lowest BCUT2D eigenvalue weighted by molar-refractivity contribution is 0.0946. The first-order valence-corrected chi connectivity index (χ1v) is 6.99. The summed E-state index contributed by atoms with van der Waals surface area (Å²) in [4.78, 5) is 16.0. The summed E-state index contributed by atoms with van der Waals surface area (Å²) >= 11 is 0. The second-order valence-corrected chi connectivity index (χ2v) is 5.59. The van der Waals surface area contributed by atoms with Crippen LogP contribution in [0.15, 0.2) is 30.3 Å². The third-order valence-electron chi connectivity index (χ3n) is 4.12. The molecule has 4 nitrogen and oxygen atoms in total. The van der Waals surface area contributed by atoms with E-state index in [9.17, 15) is 13.6 Å². The second-order valence-electron chi connectivity index (χ2n) is 5.59. The number of carbonyl (C=O) groups excluding carboxylic acids is 1. The van der Waals surface area contributed by atoms with E-state index in [4.69, 9.17) is 0 Å². The Kier molecular flexibility index (Phi) is 2.67. The molecule has 108 valence electrons. The third kappa shape index (κ3) is 1.97. The van der Waals surface area contributed by atoms with Gasteiger partial charge in [0.05, 0.1) is 12.0 Å². The molecule has 0 saturated heterocycles. The van der Waals surface area contributed by atoms with Crippen molar-refractivity contribution in [3.8, 4) is 0 Å². The highest BCUT2D eigenvalue weighted by molar-refractivity contribution is 5.96. The van der Waals surface area contributed by atoms with Crippen molar-refractivity contribution in [1.82, 2.24) is 14.8 Å². The SMILES string of the molecule is O=C(c1nc2n(n1)[C@@H](c1ccccc1)C[C@H]2F)[C@H]1C[C@@H]1F. The largest absolute Gasteiger partial charge is 0.290 e. The Bertz CT molecular complexity index is 700. The fourth-order valence-electron chi connectivity index (χ4n) is 2.84. The monoisotopic (exact) mass is 289 g/mol. The number of aromatic nitrogens is 3. The Morgan fingerprint density at radius 1 is 1.19 bits per heavy atom. The molecule has 4 rings (SSSR count). The van der Waals surface area contributed by atoms with Crippen LogP contribution >= 0.6 is 0 Å². The van der Waals surface area contributed by atoms with Gasteiger partial charge in [0.2, 0.25) is 11.6 Å². The molecule has 21 heavy (non-hydrogen) atoms. The smallest absolute Gasteiger partial charge is 0.218 e. The van der Waals surface area contributed by atoms with Crippen LogP contribution < -0.4 is 0 Å². The van der Waals surface area contributed by atoms with Gasteiger partial charge < -0.3 is 0 Å². The highest BCUT2D eigenvalue weighted by Gasteiger charge is 2.46. The van der Waals surface area contributed by atoms with Crippen molar-refractivity contribution >= 4 is 5.78 Å². The summed E-state index contributed by atoms with van der Waals surface area (Å²) < 4.78 is 28.6. The van der Waals surface area contributed by atoms with Crippen molar-refractivity contribution < 1.29 is 13.6 Å². The third-order valence-corrected chi connectivity index (χ3v) is 4.12. The lowest BCUT2D eigenvalue weighted by Crippen LogP contribution is -2.11. The number of benzene rings is 1. The van der Waals surface area contributed by atoms with Gasteiger partial charge >= 0.3 is 0 Å². The number of hydrogen-bond acceptors (Lipinski definition) is 3. The van der Waals surface area contributed by atoms with Crippen molar-refractivity contribution in [2.45, 2.75) is 31.2 Å². The Balaban J connectivity index is 1.69. The molecule has 0 radical (unpaired) electrons. The molecule has 1 aromatic heterocycles. The molecule has 4 atom stereocenters. The van der Waals surface area contributed by atoms with Crippen LogP contribution in [-0.4, -0.2) is 26.7 Å². The van der Waals surface area contributed by atoms with E-state index in [1.165, 1.54) is 4.68 Å². The number of ketones is 1. The summed E-state index contributed by atoms with van der Waals surface area (Å²) in [7, 11) is 0.